The molecule has 0 saturated carbocycles. The monoisotopic (exact) mass is 452 g/mol. The van der Waals surface area contributed by atoms with Gasteiger partial charge >= 0.3 is 0 Å². The molecule has 0 spiro atoms. The third-order valence-electron chi connectivity index (χ3n) is 6.45. The van der Waals surface area contributed by atoms with Gasteiger partial charge in [0.1, 0.15) is 11.4 Å². The van der Waals surface area contributed by atoms with Gasteiger partial charge in [0.2, 0.25) is 0 Å². The smallest absolute Gasteiger partial charge is 0.255 e. The van der Waals surface area contributed by atoms with Gasteiger partial charge in [-0.25, -0.2) is 0 Å². The molecule has 0 radical (unpaired) electrons. The van der Waals surface area contributed by atoms with Gasteiger partial charge in [0.05, 0.1) is 5.56 Å². The molecular formula is C27H36N2O2S. The van der Waals surface area contributed by atoms with E-state index in [1.54, 1.807) is 11.8 Å². The topological polar surface area (TPSA) is 41.6 Å². The molecule has 0 fully saturated rings. The highest BCUT2D eigenvalue weighted by Gasteiger charge is 2.34. The highest BCUT2D eigenvalue weighted by molar-refractivity contribution is 7.99. The largest absolute Gasteiger partial charge is 0.486 e. The molecule has 4 nitrogen and oxygen atoms in total. The first-order chi connectivity index (χ1) is 15.4. The van der Waals surface area contributed by atoms with Gasteiger partial charge < -0.3 is 10.1 Å². The van der Waals surface area contributed by atoms with Gasteiger partial charge in [0, 0.05) is 36.0 Å². The van der Waals surface area contributed by atoms with Crippen molar-refractivity contribution in [2.75, 3.05) is 18.8 Å². The van der Waals surface area contributed by atoms with Crippen molar-refractivity contribution >= 4 is 17.7 Å². The zero-order valence-corrected chi connectivity index (χ0v) is 20.7. The maximum Gasteiger partial charge on any atom is 0.255 e. The Morgan fingerprint density at radius 3 is 2.72 bits per heavy atom. The molecule has 0 aliphatic carbocycles. The Hall–Kier alpha value is -1.98. The third kappa shape index (κ3) is 5.15. The fourth-order valence-corrected chi connectivity index (χ4v) is 5.63. The normalized spacial score (nSPS) is 19.2. The second-order valence-electron chi connectivity index (χ2n) is 9.59. The van der Waals surface area contributed by atoms with Crippen molar-refractivity contribution < 1.29 is 9.53 Å². The number of nitrogens with one attached hydrogen (secondary N) is 1. The Morgan fingerprint density at radius 2 is 1.97 bits per heavy atom. The molecule has 32 heavy (non-hydrogen) atoms. The maximum absolute atomic E-state index is 13.4. The summed E-state index contributed by atoms with van der Waals surface area (Å²) >= 11 is 1.78. The zero-order valence-electron chi connectivity index (χ0n) is 19.9. The number of rotatable bonds is 8. The number of ether oxygens (including phenoxy) is 1. The van der Waals surface area contributed by atoms with E-state index in [-0.39, 0.29) is 11.5 Å². The molecule has 172 valence electrons. The van der Waals surface area contributed by atoms with Gasteiger partial charge in [0.25, 0.3) is 5.91 Å². The minimum atomic E-state index is -0.267. The lowest BCUT2D eigenvalue weighted by Crippen LogP contribution is -2.47. The van der Waals surface area contributed by atoms with Crippen molar-refractivity contribution in [3.8, 4) is 5.75 Å². The molecule has 5 heteroatoms. The average Bonchev–Trinajstić information content (AvgIpc) is 3.09. The van der Waals surface area contributed by atoms with Crippen LogP contribution in [-0.2, 0) is 19.4 Å². The molecule has 2 aliphatic heterocycles. The Kier molecular flexibility index (Phi) is 7.16. The minimum Gasteiger partial charge on any atom is -0.486 e. The number of amides is 1. The predicted molar refractivity (Wildman–Crippen MR) is 133 cm³/mol. The number of nitrogens with zero attached hydrogens (tertiary/aromatic N) is 1. The summed E-state index contributed by atoms with van der Waals surface area (Å²) in [5.74, 6) is 1.73. The maximum atomic E-state index is 13.4. The van der Waals surface area contributed by atoms with Crippen LogP contribution in [-0.4, -0.2) is 41.3 Å². The van der Waals surface area contributed by atoms with Crippen LogP contribution in [0.1, 0.15) is 67.6 Å². The lowest BCUT2D eigenvalue weighted by molar-refractivity contribution is 0.0911. The van der Waals surface area contributed by atoms with Crippen molar-refractivity contribution in [2.24, 2.45) is 0 Å². The fourth-order valence-electron chi connectivity index (χ4n) is 4.87. The fraction of sp³-hybridized carbons (Fsp3) is 0.519. The van der Waals surface area contributed by atoms with Crippen molar-refractivity contribution in [3.05, 3.63) is 58.7 Å². The third-order valence-corrected chi connectivity index (χ3v) is 7.31. The van der Waals surface area contributed by atoms with Crippen molar-refractivity contribution in [3.63, 3.8) is 0 Å². The van der Waals surface area contributed by atoms with Crippen molar-refractivity contribution in [2.45, 2.75) is 76.5 Å². The highest BCUT2D eigenvalue weighted by atomic mass is 32.2. The Balaban J connectivity index is 1.51. The van der Waals surface area contributed by atoms with Gasteiger partial charge in [-0.2, -0.15) is 0 Å². The molecule has 2 aromatic carbocycles. The molecule has 0 aromatic heterocycles. The molecule has 0 bridgehead atoms. The predicted octanol–water partition coefficient (Wildman–Crippen LogP) is 5.47. The van der Waals surface area contributed by atoms with Gasteiger partial charge in [0.15, 0.2) is 0 Å². The lowest BCUT2D eigenvalue weighted by Gasteiger charge is -2.37. The number of thioether (sulfide) groups is 1. The van der Waals surface area contributed by atoms with E-state index in [1.165, 1.54) is 24.0 Å². The molecule has 0 unspecified atom stereocenters. The number of fused-ring (bicyclic) bond motifs is 2. The number of unbranched alkanes of at least 4 members (excludes halogenated alkanes) is 1. The summed E-state index contributed by atoms with van der Waals surface area (Å²) in [6.45, 7) is 11.2. The molecule has 1 amide bonds. The number of benzene rings is 2. The van der Waals surface area contributed by atoms with E-state index in [0.29, 0.717) is 18.2 Å². The van der Waals surface area contributed by atoms with E-state index >= 15 is 0 Å². The van der Waals surface area contributed by atoms with E-state index in [4.69, 9.17) is 4.74 Å². The number of hydrogen-bond acceptors (Lipinski definition) is 4. The number of carbonyl (C=O) groups excluding carboxylic acids is 1. The molecular weight excluding hydrogens is 416 g/mol. The lowest BCUT2D eigenvalue weighted by atomic mass is 9.93. The summed E-state index contributed by atoms with van der Waals surface area (Å²) in [5.41, 5.74) is 4.39. The SMILES string of the molecule is CCCCN1Cc2ccccc2C[C@H]1CNC(=O)c1cc(SCC)cc2c1OC(C)(C)C2. The first-order valence-corrected chi connectivity index (χ1v) is 13.0. The van der Waals surface area contributed by atoms with Crippen LogP contribution in [0.5, 0.6) is 5.75 Å². The number of carbonyl (C=O) groups is 1. The second-order valence-corrected chi connectivity index (χ2v) is 10.9. The van der Waals surface area contributed by atoms with Crippen LogP contribution in [0.25, 0.3) is 0 Å². The van der Waals surface area contributed by atoms with Crippen LogP contribution in [0.2, 0.25) is 0 Å². The van der Waals surface area contributed by atoms with Gasteiger partial charge in [-0.05, 0) is 62.2 Å². The molecule has 4 rings (SSSR count). The van der Waals surface area contributed by atoms with E-state index < -0.39 is 0 Å². The van der Waals surface area contributed by atoms with E-state index in [2.05, 4.69) is 68.2 Å². The van der Waals surface area contributed by atoms with Crippen molar-refractivity contribution in [1.82, 2.24) is 10.2 Å². The van der Waals surface area contributed by atoms with Crippen LogP contribution >= 0.6 is 11.8 Å². The molecule has 1 N–H and O–H groups in total. The Labute approximate surface area is 197 Å². The first kappa shape index (κ1) is 23.2. The van der Waals surface area contributed by atoms with Crippen LogP contribution in [0.15, 0.2) is 41.3 Å². The highest BCUT2D eigenvalue weighted by Crippen LogP contribution is 2.40. The summed E-state index contributed by atoms with van der Waals surface area (Å²) in [4.78, 5) is 17.1. The molecule has 1 atom stereocenters. The van der Waals surface area contributed by atoms with Gasteiger partial charge in [-0.15, -0.1) is 11.8 Å². The van der Waals surface area contributed by atoms with Crippen LogP contribution in [0.3, 0.4) is 0 Å². The first-order valence-electron chi connectivity index (χ1n) is 12.0. The van der Waals surface area contributed by atoms with E-state index in [9.17, 15) is 4.79 Å². The minimum absolute atomic E-state index is 0.0215. The van der Waals surface area contributed by atoms with Crippen molar-refractivity contribution in [1.29, 1.82) is 0 Å². The van der Waals surface area contributed by atoms with Crippen LogP contribution in [0, 0.1) is 0 Å². The van der Waals surface area contributed by atoms with Crippen LogP contribution < -0.4 is 10.1 Å². The quantitative estimate of drug-likeness (QED) is 0.539. The summed E-state index contributed by atoms with van der Waals surface area (Å²) in [5, 5.41) is 3.26. The van der Waals surface area contributed by atoms with Crippen LogP contribution in [0.4, 0.5) is 0 Å². The molecule has 2 heterocycles. The summed E-state index contributed by atoms with van der Waals surface area (Å²) < 4.78 is 6.21. The van der Waals surface area contributed by atoms with Gasteiger partial charge in [-0.1, -0.05) is 44.5 Å². The molecule has 0 saturated heterocycles. The van der Waals surface area contributed by atoms with Gasteiger partial charge in [-0.3, -0.25) is 9.69 Å². The average molecular weight is 453 g/mol. The Bertz CT molecular complexity index is 972. The van der Waals surface area contributed by atoms with E-state index in [1.807, 2.05) is 6.07 Å². The molecule has 2 aromatic rings. The molecule has 2 aliphatic rings. The standard InChI is InChI=1S/C27H36N2O2S/c1-5-7-12-29-18-20-11-9-8-10-19(20)13-22(29)17-28-26(30)24-15-23(32-6-2)14-21-16-27(3,4)31-25(21)24/h8-11,14-15,22H,5-7,12-13,16-18H2,1-4H3,(H,28,30)/t22-/m0/s1. The van der Waals surface area contributed by atoms with E-state index in [0.717, 1.165) is 47.9 Å². The zero-order chi connectivity index (χ0) is 22.7. The summed E-state index contributed by atoms with van der Waals surface area (Å²) in [6, 6.07) is 13.2. The summed E-state index contributed by atoms with van der Waals surface area (Å²) in [6.07, 6.45) is 4.18. The Morgan fingerprint density at radius 1 is 1.19 bits per heavy atom. The summed E-state index contributed by atoms with van der Waals surface area (Å²) in [7, 11) is 0. The second kappa shape index (κ2) is 9.88. The number of hydrogen-bond donors (Lipinski definition) is 1.